The van der Waals surface area contributed by atoms with Gasteiger partial charge in [-0.05, 0) is 44.8 Å². The summed E-state index contributed by atoms with van der Waals surface area (Å²) in [5.41, 5.74) is 2.57. The Morgan fingerprint density at radius 2 is 2.07 bits per heavy atom. The van der Waals surface area contributed by atoms with Crippen molar-refractivity contribution in [3.8, 4) is 5.75 Å². The van der Waals surface area contributed by atoms with E-state index in [2.05, 4.69) is 30.0 Å². The molecule has 1 saturated heterocycles. The second-order valence-electron chi connectivity index (χ2n) is 7.72. The minimum atomic E-state index is 0.0134. The summed E-state index contributed by atoms with van der Waals surface area (Å²) < 4.78 is 7.36. The number of rotatable bonds is 6. The Hall–Kier alpha value is -2.93. The van der Waals surface area contributed by atoms with Crippen molar-refractivity contribution in [3.05, 3.63) is 53.9 Å². The molecule has 0 saturated carbocycles. The highest BCUT2D eigenvalue weighted by atomic mass is 16.5. The molecule has 0 spiro atoms. The molecule has 0 unspecified atom stereocenters. The molecule has 152 valence electrons. The number of carbonyl (C=O) groups excluding carboxylic acids is 1. The minimum absolute atomic E-state index is 0.0134. The molecule has 7 nitrogen and oxygen atoms in total. The van der Waals surface area contributed by atoms with Crippen LogP contribution in [0.25, 0.3) is 11.0 Å². The summed E-state index contributed by atoms with van der Waals surface area (Å²) in [5.74, 6) is 0.837. The number of nitrogens with zero attached hydrogens (tertiary/aromatic N) is 5. The molecule has 7 heteroatoms. The van der Waals surface area contributed by atoms with Gasteiger partial charge in [0, 0.05) is 37.1 Å². The number of benzene rings is 1. The van der Waals surface area contributed by atoms with Crippen molar-refractivity contribution in [2.75, 3.05) is 40.8 Å². The summed E-state index contributed by atoms with van der Waals surface area (Å²) in [5, 5.41) is 5.99. The normalized spacial score (nSPS) is 16.7. The molecule has 1 aromatic carbocycles. The van der Waals surface area contributed by atoms with Crippen LogP contribution in [0.5, 0.6) is 5.75 Å². The van der Waals surface area contributed by atoms with Crippen LogP contribution >= 0.6 is 0 Å². The molecule has 3 aromatic rings. The third-order valence-corrected chi connectivity index (χ3v) is 5.49. The zero-order valence-corrected chi connectivity index (χ0v) is 17.2. The van der Waals surface area contributed by atoms with E-state index in [1.807, 2.05) is 46.1 Å². The standard InChI is InChI=1S/C22H27N5O2/c1-25(2)13-14-27-21-18(8-6-11-23-21)20(24-27)16-10-12-26(15-16)22(28)17-7-4-5-9-19(17)29-3/h4-9,11,16H,10,12-15H2,1-3H3/t16-/m0/s1. The van der Waals surface area contributed by atoms with Crippen molar-refractivity contribution in [1.82, 2.24) is 24.6 Å². The summed E-state index contributed by atoms with van der Waals surface area (Å²) in [7, 11) is 5.70. The topological polar surface area (TPSA) is 63.5 Å². The van der Waals surface area contributed by atoms with E-state index >= 15 is 0 Å². The van der Waals surface area contributed by atoms with E-state index in [9.17, 15) is 4.79 Å². The molecule has 4 rings (SSSR count). The third kappa shape index (κ3) is 3.82. The van der Waals surface area contributed by atoms with E-state index in [0.29, 0.717) is 24.4 Å². The van der Waals surface area contributed by atoms with Gasteiger partial charge in [-0.1, -0.05) is 12.1 Å². The Balaban J connectivity index is 1.58. The van der Waals surface area contributed by atoms with Gasteiger partial charge in [0.2, 0.25) is 0 Å². The quantitative estimate of drug-likeness (QED) is 0.644. The lowest BCUT2D eigenvalue weighted by Gasteiger charge is -2.18. The maximum Gasteiger partial charge on any atom is 0.257 e. The van der Waals surface area contributed by atoms with Gasteiger partial charge in [-0.25, -0.2) is 9.67 Å². The van der Waals surface area contributed by atoms with Gasteiger partial charge in [0.15, 0.2) is 5.65 Å². The lowest BCUT2D eigenvalue weighted by molar-refractivity contribution is 0.0787. The third-order valence-electron chi connectivity index (χ3n) is 5.49. The van der Waals surface area contributed by atoms with Crippen LogP contribution in [0, 0.1) is 0 Å². The van der Waals surface area contributed by atoms with Crippen molar-refractivity contribution >= 4 is 16.9 Å². The number of para-hydroxylation sites is 1. The van der Waals surface area contributed by atoms with E-state index < -0.39 is 0 Å². The number of likely N-dealkylation sites (N-methyl/N-ethyl adjacent to an activating group) is 1. The number of methoxy groups -OCH3 is 1. The van der Waals surface area contributed by atoms with Crippen LogP contribution < -0.4 is 4.74 Å². The predicted molar refractivity (Wildman–Crippen MR) is 112 cm³/mol. The van der Waals surface area contributed by atoms with Gasteiger partial charge in [0.1, 0.15) is 5.75 Å². The average molecular weight is 393 g/mol. The summed E-state index contributed by atoms with van der Waals surface area (Å²) in [6, 6.07) is 11.4. The molecule has 1 aliphatic heterocycles. The number of likely N-dealkylation sites (tertiary alicyclic amines) is 1. The Kier molecular flexibility index (Phi) is 5.49. The number of hydrogen-bond donors (Lipinski definition) is 0. The molecule has 2 aromatic heterocycles. The number of ether oxygens (including phenoxy) is 1. The van der Waals surface area contributed by atoms with Gasteiger partial charge in [0.25, 0.3) is 5.91 Å². The molecule has 1 amide bonds. The first kappa shape index (κ1) is 19.4. The van der Waals surface area contributed by atoms with Crippen LogP contribution in [0.1, 0.15) is 28.4 Å². The maximum absolute atomic E-state index is 13.1. The Morgan fingerprint density at radius 1 is 1.24 bits per heavy atom. The fraction of sp³-hybridized carbons (Fsp3) is 0.409. The maximum atomic E-state index is 13.1. The summed E-state index contributed by atoms with van der Waals surface area (Å²) in [4.78, 5) is 21.7. The Bertz CT molecular complexity index is 1010. The SMILES string of the molecule is COc1ccccc1C(=O)N1CC[C@H](c2nn(CCN(C)C)c3ncccc23)C1. The Morgan fingerprint density at radius 3 is 2.86 bits per heavy atom. The van der Waals surface area contributed by atoms with Gasteiger partial charge in [-0.3, -0.25) is 4.79 Å². The van der Waals surface area contributed by atoms with E-state index in [1.54, 1.807) is 7.11 Å². The summed E-state index contributed by atoms with van der Waals surface area (Å²) >= 11 is 0. The average Bonchev–Trinajstić information content (AvgIpc) is 3.36. The number of pyridine rings is 1. The number of carbonyl (C=O) groups is 1. The molecule has 0 radical (unpaired) electrons. The molecule has 1 fully saturated rings. The second kappa shape index (κ2) is 8.21. The molecule has 1 atom stereocenters. The van der Waals surface area contributed by atoms with E-state index in [1.165, 1.54) is 0 Å². The van der Waals surface area contributed by atoms with Crippen molar-refractivity contribution < 1.29 is 9.53 Å². The van der Waals surface area contributed by atoms with Crippen molar-refractivity contribution in [2.24, 2.45) is 0 Å². The Labute approximate surface area is 170 Å². The van der Waals surface area contributed by atoms with Gasteiger partial charge < -0.3 is 14.5 Å². The zero-order valence-electron chi connectivity index (χ0n) is 17.2. The van der Waals surface area contributed by atoms with Gasteiger partial charge in [-0.2, -0.15) is 5.10 Å². The van der Waals surface area contributed by atoms with Crippen LogP contribution in [-0.2, 0) is 6.54 Å². The summed E-state index contributed by atoms with van der Waals surface area (Å²) in [6.45, 7) is 3.06. The second-order valence-corrected chi connectivity index (χ2v) is 7.72. The highest BCUT2D eigenvalue weighted by Crippen LogP contribution is 2.32. The first-order chi connectivity index (χ1) is 14.1. The molecule has 0 bridgehead atoms. The minimum Gasteiger partial charge on any atom is -0.496 e. The van der Waals surface area contributed by atoms with Crippen molar-refractivity contribution in [2.45, 2.75) is 18.9 Å². The molecule has 1 aliphatic rings. The van der Waals surface area contributed by atoms with E-state index in [-0.39, 0.29) is 11.8 Å². The van der Waals surface area contributed by atoms with Crippen molar-refractivity contribution in [1.29, 1.82) is 0 Å². The van der Waals surface area contributed by atoms with Crippen LogP contribution in [0.4, 0.5) is 0 Å². The highest BCUT2D eigenvalue weighted by molar-refractivity contribution is 5.97. The molecular weight excluding hydrogens is 366 g/mol. The number of amides is 1. The lowest BCUT2D eigenvalue weighted by Crippen LogP contribution is -2.28. The number of hydrogen-bond acceptors (Lipinski definition) is 5. The number of fused-ring (bicyclic) bond motifs is 1. The van der Waals surface area contributed by atoms with E-state index in [4.69, 9.17) is 9.84 Å². The predicted octanol–water partition coefficient (Wildman–Crippen LogP) is 2.63. The van der Waals surface area contributed by atoms with Crippen LogP contribution in [-0.4, -0.2) is 71.3 Å². The fourth-order valence-electron chi connectivity index (χ4n) is 3.95. The lowest BCUT2D eigenvalue weighted by atomic mass is 10.0. The van der Waals surface area contributed by atoms with E-state index in [0.717, 1.165) is 36.2 Å². The molecule has 29 heavy (non-hydrogen) atoms. The fourth-order valence-corrected chi connectivity index (χ4v) is 3.95. The molecule has 0 N–H and O–H groups in total. The van der Waals surface area contributed by atoms with Gasteiger partial charge in [0.05, 0.1) is 24.9 Å². The van der Waals surface area contributed by atoms with Crippen LogP contribution in [0.3, 0.4) is 0 Å². The largest absolute Gasteiger partial charge is 0.496 e. The van der Waals surface area contributed by atoms with Crippen LogP contribution in [0.2, 0.25) is 0 Å². The van der Waals surface area contributed by atoms with Crippen LogP contribution in [0.15, 0.2) is 42.6 Å². The molecule has 0 aliphatic carbocycles. The molecule has 3 heterocycles. The molecular formula is C22H27N5O2. The number of aromatic nitrogens is 3. The first-order valence-electron chi connectivity index (χ1n) is 9.97. The first-order valence-corrected chi connectivity index (χ1v) is 9.97. The van der Waals surface area contributed by atoms with Gasteiger partial charge >= 0.3 is 0 Å². The smallest absolute Gasteiger partial charge is 0.257 e. The van der Waals surface area contributed by atoms with Crippen molar-refractivity contribution in [3.63, 3.8) is 0 Å². The summed E-state index contributed by atoms with van der Waals surface area (Å²) in [6.07, 6.45) is 2.71. The zero-order chi connectivity index (χ0) is 20.4. The highest BCUT2D eigenvalue weighted by Gasteiger charge is 2.32. The monoisotopic (exact) mass is 393 g/mol. The van der Waals surface area contributed by atoms with Gasteiger partial charge in [-0.15, -0.1) is 0 Å².